The molecule has 10 heteroatoms. The zero-order chi connectivity index (χ0) is 26.6. The van der Waals surface area contributed by atoms with Gasteiger partial charge < -0.3 is 14.0 Å². The van der Waals surface area contributed by atoms with Gasteiger partial charge in [0.15, 0.2) is 11.2 Å². The summed E-state index contributed by atoms with van der Waals surface area (Å²) in [5.74, 6) is 0.327. The number of carbonyl (C=O) groups excluding carboxylic acids is 2. The van der Waals surface area contributed by atoms with E-state index in [4.69, 9.17) is 9.47 Å². The molecule has 2 aromatic heterocycles. The monoisotopic (exact) mass is 613 g/mol. The van der Waals surface area contributed by atoms with E-state index in [9.17, 15) is 9.59 Å². The number of nitrogens with zero attached hydrogens (tertiary/aromatic N) is 4. The Kier molecular flexibility index (Phi) is 8.06. The largest absolute Gasteiger partial charge is 0.471 e. The summed E-state index contributed by atoms with van der Waals surface area (Å²) in [5, 5.41) is 2.78. The van der Waals surface area contributed by atoms with Crippen LogP contribution in [0.4, 0.5) is 5.95 Å². The number of rotatable bonds is 9. The van der Waals surface area contributed by atoms with Crippen molar-refractivity contribution in [3.63, 3.8) is 0 Å². The Balaban J connectivity index is 1.52. The number of hydrogen-bond donors (Lipinski definition) is 1. The topological polar surface area (TPSA) is 108 Å². The second-order valence-electron chi connectivity index (χ2n) is 9.28. The molecule has 9 nitrogen and oxygen atoms in total. The van der Waals surface area contributed by atoms with Gasteiger partial charge in [-0.05, 0) is 51.0 Å². The van der Waals surface area contributed by atoms with E-state index in [1.54, 1.807) is 32.3 Å². The van der Waals surface area contributed by atoms with Gasteiger partial charge in [-0.2, -0.15) is 9.97 Å². The second kappa shape index (κ2) is 11.2. The highest BCUT2D eigenvalue weighted by molar-refractivity contribution is 14.1. The predicted molar refractivity (Wildman–Crippen MR) is 149 cm³/mol. The minimum absolute atomic E-state index is 0.100. The van der Waals surface area contributed by atoms with Crippen LogP contribution in [0.3, 0.4) is 0 Å². The molecule has 0 bridgehead atoms. The molecular formula is C27H28IN5O4. The summed E-state index contributed by atoms with van der Waals surface area (Å²) in [7, 11) is 0. The molecule has 0 fully saturated rings. The summed E-state index contributed by atoms with van der Waals surface area (Å²) in [5.41, 5.74) is 2.81. The minimum atomic E-state index is -0.620. The van der Waals surface area contributed by atoms with E-state index in [0.29, 0.717) is 16.9 Å². The number of anilines is 1. The number of aromatic nitrogens is 4. The fraction of sp³-hybridized carbons (Fsp3) is 0.296. The van der Waals surface area contributed by atoms with Gasteiger partial charge in [0.2, 0.25) is 17.7 Å². The highest BCUT2D eigenvalue weighted by atomic mass is 127. The third-order valence-electron chi connectivity index (χ3n) is 5.40. The Morgan fingerprint density at radius 3 is 2.38 bits per heavy atom. The van der Waals surface area contributed by atoms with Gasteiger partial charge in [-0.3, -0.25) is 14.9 Å². The standard InChI is InChI=1S/C27H28IN5O4/c1-17(2)33-16-29-22-23(33)31-26(30-21(34)14-18-8-6-5-7-9-18)32-24(22)36-15-19-10-12-20(13-11-19)37-25(35)27(3,4)28/h5-13,16-17H,14-15H2,1-4H3,(H,30,31,32,34). The summed E-state index contributed by atoms with van der Waals surface area (Å²) in [6.45, 7) is 7.82. The van der Waals surface area contributed by atoms with Gasteiger partial charge in [0.25, 0.3) is 0 Å². The van der Waals surface area contributed by atoms with Crippen molar-refractivity contribution in [2.24, 2.45) is 0 Å². The number of ether oxygens (including phenoxy) is 2. The molecule has 2 aromatic carbocycles. The van der Waals surface area contributed by atoms with E-state index in [-0.39, 0.29) is 42.8 Å². The van der Waals surface area contributed by atoms with Crippen LogP contribution in [0.2, 0.25) is 0 Å². The van der Waals surface area contributed by atoms with E-state index in [2.05, 4.69) is 20.3 Å². The Morgan fingerprint density at radius 2 is 1.73 bits per heavy atom. The lowest BCUT2D eigenvalue weighted by Crippen LogP contribution is -2.28. The average molecular weight is 613 g/mol. The molecule has 0 unspecified atom stereocenters. The zero-order valence-electron chi connectivity index (χ0n) is 21.1. The van der Waals surface area contributed by atoms with Crippen LogP contribution >= 0.6 is 22.6 Å². The maximum Gasteiger partial charge on any atom is 0.326 e. The fourth-order valence-electron chi connectivity index (χ4n) is 3.41. The number of esters is 1. The first-order chi connectivity index (χ1) is 17.6. The molecule has 4 aromatic rings. The van der Waals surface area contributed by atoms with Crippen molar-refractivity contribution in [2.75, 3.05) is 5.32 Å². The van der Waals surface area contributed by atoms with Gasteiger partial charge in [0.1, 0.15) is 15.8 Å². The SMILES string of the molecule is CC(C)n1cnc2c(OCc3ccc(OC(=O)C(C)(C)I)cc3)nc(NC(=O)Cc3ccccc3)nc21. The molecule has 1 amide bonds. The van der Waals surface area contributed by atoms with Crippen LogP contribution in [0.15, 0.2) is 60.9 Å². The van der Waals surface area contributed by atoms with Crippen molar-refractivity contribution < 1.29 is 19.1 Å². The van der Waals surface area contributed by atoms with Crippen LogP contribution in [-0.2, 0) is 22.6 Å². The highest BCUT2D eigenvalue weighted by Gasteiger charge is 2.26. The number of alkyl halides is 1. The number of halogens is 1. The normalized spacial score (nSPS) is 11.5. The Labute approximate surface area is 228 Å². The lowest BCUT2D eigenvalue weighted by atomic mass is 10.1. The van der Waals surface area contributed by atoms with Crippen molar-refractivity contribution >= 4 is 51.6 Å². The first-order valence-electron chi connectivity index (χ1n) is 11.8. The van der Waals surface area contributed by atoms with Crippen molar-refractivity contribution in [3.8, 4) is 11.6 Å². The van der Waals surface area contributed by atoms with Crippen LogP contribution in [-0.4, -0.2) is 34.8 Å². The van der Waals surface area contributed by atoms with Gasteiger partial charge in [-0.15, -0.1) is 0 Å². The number of imidazole rings is 1. The van der Waals surface area contributed by atoms with E-state index >= 15 is 0 Å². The molecule has 0 atom stereocenters. The highest BCUT2D eigenvalue weighted by Crippen LogP contribution is 2.26. The lowest BCUT2D eigenvalue weighted by Gasteiger charge is -2.15. The van der Waals surface area contributed by atoms with Crippen molar-refractivity contribution in [1.29, 1.82) is 0 Å². The number of hydrogen-bond acceptors (Lipinski definition) is 7. The third-order valence-corrected chi connectivity index (χ3v) is 5.84. The maximum atomic E-state index is 12.6. The Bertz CT molecular complexity index is 1400. The summed E-state index contributed by atoms with van der Waals surface area (Å²) in [6.07, 6.45) is 1.89. The molecule has 2 heterocycles. The summed E-state index contributed by atoms with van der Waals surface area (Å²) in [6, 6.07) is 16.6. The number of nitrogens with one attached hydrogen (secondary N) is 1. The van der Waals surface area contributed by atoms with E-state index in [1.807, 2.05) is 83.5 Å². The van der Waals surface area contributed by atoms with Gasteiger partial charge >= 0.3 is 5.97 Å². The Hall–Kier alpha value is -3.54. The van der Waals surface area contributed by atoms with E-state index in [1.165, 1.54) is 0 Å². The molecule has 0 aliphatic rings. The Morgan fingerprint density at radius 1 is 1.03 bits per heavy atom. The van der Waals surface area contributed by atoms with Crippen LogP contribution in [0.5, 0.6) is 11.6 Å². The zero-order valence-corrected chi connectivity index (χ0v) is 23.2. The lowest BCUT2D eigenvalue weighted by molar-refractivity contribution is -0.135. The number of carbonyl (C=O) groups is 2. The van der Waals surface area contributed by atoms with Gasteiger partial charge in [0, 0.05) is 6.04 Å². The molecule has 0 saturated carbocycles. The van der Waals surface area contributed by atoms with Gasteiger partial charge in [-0.25, -0.2) is 4.98 Å². The van der Waals surface area contributed by atoms with Gasteiger partial charge in [-0.1, -0.05) is 65.1 Å². The van der Waals surface area contributed by atoms with E-state index in [0.717, 1.165) is 11.1 Å². The van der Waals surface area contributed by atoms with Gasteiger partial charge in [0.05, 0.1) is 12.7 Å². The smallest absolute Gasteiger partial charge is 0.326 e. The average Bonchev–Trinajstić information content (AvgIpc) is 3.28. The third kappa shape index (κ3) is 6.82. The number of amides is 1. The second-order valence-corrected chi connectivity index (χ2v) is 12.0. The minimum Gasteiger partial charge on any atom is -0.471 e. The molecule has 192 valence electrons. The van der Waals surface area contributed by atoms with Crippen molar-refractivity contribution in [2.45, 2.75) is 50.2 Å². The molecular weight excluding hydrogens is 585 g/mol. The first kappa shape index (κ1) is 26.5. The molecule has 0 radical (unpaired) electrons. The molecule has 0 aliphatic carbocycles. The van der Waals surface area contributed by atoms with E-state index < -0.39 is 3.42 Å². The predicted octanol–water partition coefficient (Wildman–Crippen LogP) is 5.29. The summed E-state index contributed by atoms with van der Waals surface area (Å²) >= 11 is 2.04. The van der Waals surface area contributed by atoms with Crippen LogP contribution < -0.4 is 14.8 Å². The molecule has 0 spiro atoms. The molecule has 1 N–H and O–H groups in total. The molecule has 0 aliphatic heterocycles. The summed E-state index contributed by atoms with van der Waals surface area (Å²) in [4.78, 5) is 38.2. The quantitative estimate of drug-likeness (QED) is 0.118. The summed E-state index contributed by atoms with van der Waals surface area (Å²) < 4.78 is 12.7. The molecule has 0 saturated heterocycles. The van der Waals surface area contributed by atoms with Crippen molar-refractivity contribution in [1.82, 2.24) is 19.5 Å². The van der Waals surface area contributed by atoms with Crippen LogP contribution in [0.1, 0.15) is 44.9 Å². The molecule has 4 rings (SSSR count). The molecule has 37 heavy (non-hydrogen) atoms. The number of benzene rings is 2. The first-order valence-corrected chi connectivity index (χ1v) is 12.9. The maximum absolute atomic E-state index is 12.6. The fourth-order valence-corrected chi connectivity index (χ4v) is 3.52. The number of fused-ring (bicyclic) bond motifs is 1. The van der Waals surface area contributed by atoms with Crippen LogP contribution in [0, 0.1) is 0 Å². The van der Waals surface area contributed by atoms with Crippen molar-refractivity contribution in [3.05, 3.63) is 72.1 Å². The van der Waals surface area contributed by atoms with Crippen LogP contribution in [0.25, 0.3) is 11.2 Å².